The van der Waals surface area contributed by atoms with E-state index in [9.17, 15) is 13.6 Å². The number of halogens is 2. The lowest BCUT2D eigenvalue weighted by molar-refractivity contribution is 0.102. The van der Waals surface area contributed by atoms with Crippen LogP contribution in [0.15, 0.2) is 52.4 Å². The Morgan fingerprint density at radius 2 is 1.90 bits per heavy atom. The smallest absolute Gasteiger partial charge is 0.270 e. The molecule has 2 heterocycles. The van der Waals surface area contributed by atoms with Gasteiger partial charge in [-0.05, 0) is 55.1 Å². The lowest BCUT2D eigenvalue weighted by Crippen LogP contribution is -2.13. The molecule has 1 N–H and O–H groups in total. The Balaban J connectivity index is 1.60. The summed E-state index contributed by atoms with van der Waals surface area (Å²) in [4.78, 5) is 17.5. The highest BCUT2D eigenvalue weighted by Crippen LogP contribution is 2.34. The van der Waals surface area contributed by atoms with Crippen molar-refractivity contribution < 1.29 is 18.1 Å². The molecule has 146 valence electrons. The van der Waals surface area contributed by atoms with Crippen LogP contribution in [0.5, 0.6) is 0 Å². The Hall–Kier alpha value is -3.39. The highest BCUT2D eigenvalue weighted by atomic mass is 32.1. The van der Waals surface area contributed by atoms with E-state index in [0.717, 1.165) is 23.3 Å². The van der Waals surface area contributed by atoms with Crippen LogP contribution >= 0.6 is 11.3 Å². The predicted octanol–water partition coefficient (Wildman–Crippen LogP) is 5.61. The number of nitrogens with one attached hydrogen (secondary N) is 1. The number of nitrogens with zero attached hydrogens (tertiary/aromatic N) is 2. The lowest BCUT2D eigenvalue weighted by atomic mass is 10.1. The fraction of sp³-hybridized carbons (Fsp3) is 0.0952. The number of hydrogen-bond acceptors (Lipinski definition) is 5. The molecule has 2 aromatic carbocycles. The van der Waals surface area contributed by atoms with Crippen LogP contribution in [-0.4, -0.2) is 16.0 Å². The molecular weight excluding hydrogens is 396 g/mol. The first-order chi connectivity index (χ1) is 13.9. The Morgan fingerprint density at radius 3 is 2.66 bits per heavy atom. The summed E-state index contributed by atoms with van der Waals surface area (Å²) in [5, 5.41) is 8.49. The number of amides is 1. The van der Waals surface area contributed by atoms with Gasteiger partial charge in [-0.1, -0.05) is 22.9 Å². The topological polar surface area (TPSA) is 68.0 Å². The van der Waals surface area contributed by atoms with E-state index in [1.165, 1.54) is 17.4 Å². The molecule has 0 radical (unpaired) electrons. The highest BCUT2D eigenvalue weighted by molar-refractivity contribution is 7.14. The fourth-order valence-corrected chi connectivity index (χ4v) is 3.67. The molecule has 0 aliphatic heterocycles. The van der Waals surface area contributed by atoms with Crippen molar-refractivity contribution in [3.63, 3.8) is 0 Å². The first-order valence-electron chi connectivity index (χ1n) is 8.68. The van der Waals surface area contributed by atoms with Gasteiger partial charge in [0.2, 0.25) is 5.82 Å². The Kier molecular flexibility index (Phi) is 4.94. The predicted molar refractivity (Wildman–Crippen MR) is 107 cm³/mol. The molecule has 0 bridgehead atoms. The van der Waals surface area contributed by atoms with Crippen LogP contribution < -0.4 is 5.32 Å². The number of benzene rings is 2. The third kappa shape index (κ3) is 3.79. The first-order valence-corrected chi connectivity index (χ1v) is 9.56. The van der Waals surface area contributed by atoms with Crippen LogP contribution in [0, 0.1) is 25.5 Å². The number of aryl methyl sites for hydroxylation is 2. The summed E-state index contributed by atoms with van der Waals surface area (Å²) in [6.45, 7) is 3.84. The molecule has 0 aliphatic carbocycles. The van der Waals surface area contributed by atoms with Gasteiger partial charge >= 0.3 is 0 Å². The van der Waals surface area contributed by atoms with E-state index in [2.05, 4.69) is 15.5 Å². The number of rotatable bonds is 4. The van der Waals surface area contributed by atoms with Gasteiger partial charge in [0.15, 0.2) is 11.6 Å². The van der Waals surface area contributed by atoms with Gasteiger partial charge in [-0.15, -0.1) is 11.3 Å². The Labute approximate surface area is 169 Å². The summed E-state index contributed by atoms with van der Waals surface area (Å²) in [6.07, 6.45) is 0. The van der Waals surface area contributed by atoms with Crippen molar-refractivity contribution >= 4 is 22.9 Å². The van der Waals surface area contributed by atoms with Crippen molar-refractivity contribution in [1.29, 1.82) is 0 Å². The molecule has 2 aromatic heterocycles. The molecule has 0 aliphatic rings. The molecule has 0 atom stereocenters. The van der Waals surface area contributed by atoms with Gasteiger partial charge in [-0.25, -0.2) is 8.78 Å². The van der Waals surface area contributed by atoms with Crippen molar-refractivity contribution in [2.75, 3.05) is 5.32 Å². The van der Waals surface area contributed by atoms with Crippen molar-refractivity contribution in [2.24, 2.45) is 0 Å². The van der Waals surface area contributed by atoms with Crippen LogP contribution in [0.4, 0.5) is 14.5 Å². The number of carbonyl (C=O) groups is 1. The molecule has 4 aromatic rings. The molecule has 5 nitrogen and oxygen atoms in total. The van der Waals surface area contributed by atoms with Gasteiger partial charge in [-0.3, -0.25) is 4.79 Å². The van der Waals surface area contributed by atoms with Crippen LogP contribution in [0.1, 0.15) is 21.5 Å². The summed E-state index contributed by atoms with van der Waals surface area (Å²) in [5.74, 6) is -1.89. The molecule has 8 heteroatoms. The first kappa shape index (κ1) is 18.9. The van der Waals surface area contributed by atoms with Gasteiger partial charge < -0.3 is 9.84 Å². The molecule has 0 spiro atoms. The summed E-state index contributed by atoms with van der Waals surface area (Å²) in [7, 11) is 0. The average molecular weight is 411 g/mol. The number of hydrogen-bond donors (Lipinski definition) is 1. The minimum Gasteiger partial charge on any atom is -0.333 e. The van der Waals surface area contributed by atoms with Gasteiger partial charge in [0.05, 0.1) is 5.69 Å². The molecule has 0 saturated heterocycles. The maximum Gasteiger partial charge on any atom is 0.270 e. The van der Waals surface area contributed by atoms with Gasteiger partial charge in [0.25, 0.3) is 11.8 Å². The van der Waals surface area contributed by atoms with Crippen LogP contribution in [0.2, 0.25) is 0 Å². The number of thiophene rings is 1. The zero-order chi connectivity index (χ0) is 20.5. The minimum absolute atomic E-state index is 0.124. The van der Waals surface area contributed by atoms with E-state index in [1.54, 1.807) is 17.5 Å². The zero-order valence-corrected chi connectivity index (χ0v) is 16.3. The third-order valence-corrected chi connectivity index (χ3v) is 5.24. The van der Waals surface area contributed by atoms with Crippen LogP contribution in [0.25, 0.3) is 22.2 Å². The number of aromatic nitrogens is 2. The Bertz CT molecular complexity index is 1220. The second kappa shape index (κ2) is 7.56. The second-order valence-corrected chi connectivity index (χ2v) is 7.40. The SMILES string of the molecule is Cc1ccc(C(=O)Nc2ccsc2-c2nc(-c3ccc(F)c(F)c3)no2)c(C)c1. The van der Waals surface area contributed by atoms with E-state index in [-0.39, 0.29) is 23.2 Å². The van der Waals surface area contributed by atoms with E-state index < -0.39 is 11.6 Å². The van der Waals surface area contributed by atoms with Gasteiger partial charge in [0, 0.05) is 11.1 Å². The van der Waals surface area contributed by atoms with Gasteiger partial charge in [-0.2, -0.15) is 4.98 Å². The lowest BCUT2D eigenvalue weighted by Gasteiger charge is -2.08. The normalized spacial score (nSPS) is 10.9. The molecular formula is C21H15F2N3O2S. The number of anilines is 1. The largest absolute Gasteiger partial charge is 0.333 e. The third-order valence-electron chi connectivity index (χ3n) is 4.34. The monoisotopic (exact) mass is 411 g/mol. The molecule has 1 amide bonds. The van der Waals surface area contributed by atoms with E-state index >= 15 is 0 Å². The van der Waals surface area contributed by atoms with E-state index in [1.807, 2.05) is 26.0 Å². The van der Waals surface area contributed by atoms with Crippen LogP contribution in [-0.2, 0) is 0 Å². The molecule has 0 fully saturated rings. The maximum atomic E-state index is 13.5. The van der Waals surface area contributed by atoms with Crippen molar-refractivity contribution in [1.82, 2.24) is 10.1 Å². The highest BCUT2D eigenvalue weighted by Gasteiger charge is 2.19. The molecule has 29 heavy (non-hydrogen) atoms. The van der Waals surface area contributed by atoms with Crippen molar-refractivity contribution in [3.8, 4) is 22.2 Å². The number of carbonyl (C=O) groups excluding carboxylic acids is 1. The summed E-state index contributed by atoms with van der Waals surface area (Å²) in [6, 6.07) is 10.7. The second-order valence-electron chi connectivity index (χ2n) is 6.49. The summed E-state index contributed by atoms with van der Waals surface area (Å²) in [5.41, 5.74) is 3.33. The van der Waals surface area contributed by atoms with Gasteiger partial charge in [0.1, 0.15) is 4.88 Å². The van der Waals surface area contributed by atoms with E-state index in [4.69, 9.17) is 4.52 Å². The van der Waals surface area contributed by atoms with Crippen LogP contribution in [0.3, 0.4) is 0 Å². The molecule has 0 unspecified atom stereocenters. The average Bonchev–Trinajstić information content (AvgIpc) is 3.33. The zero-order valence-electron chi connectivity index (χ0n) is 15.5. The minimum atomic E-state index is -0.994. The maximum absolute atomic E-state index is 13.5. The standard InChI is InChI=1S/C21H15F2N3O2S/c1-11-3-5-14(12(2)9-11)20(27)24-17-7-8-29-18(17)21-25-19(26-28-21)13-4-6-15(22)16(23)10-13/h3-10H,1-2H3,(H,24,27). The van der Waals surface area contributed by atoms with Crippen molar-refractivity contribution in [2.45, 2.75) is 13.8 Å². The van der Waals surface area contributed by atoms with Crippen molar-refractivity contribution in [3.05, 3.63) is 76.2 Å². The molecule has 4 rings (SSSR count). The van der Waals surface area contributed by atoms with E-state index in [0.29, 0.717) is 16.1 Å². The quantitative estimate of drug-likeness (QED) is 0.474. The molecule has 0 saturated carbocycles. The fourth-order valence-electron chi connectivity index (χ4n) is 2.90. The summed E-state index contributed by atoms with van der Waals surface area (Å²) < 4.78 is 31.9. The summed E-state index contributed by atoms with van der Waals surface area (Å²) >= 11 is 1.32. The Morgan fingerprint density at radius 1 is 1.07 bits per heavy atom.